The fourth-order valence-corrected chi connectivity index (χ4v) is 9.65. The molecule has 4 aromatic rings. The number of methoxy groups -OCH3 is 1. The SMILES string of the molecule is COc1cc(N2CCC(NC(=O)COCCSc3cccc4c3CN(C3CCC(=O)NC3=O)C4=O)CC2)ccc1Nc1ncc(Cl)c(Nc2ccccc2P(C)(C)=O)n1. The smallest absolute Gasteiger partial charge is 0.255 e. The predicted octanol–water partition coefficient (Wildman–Crippen LogP) is 5.53. The van der Waals surface area contributed by atoms with Gasteiger partial charge >= 0.3 is 0 Å². The van der Waals surface area contributed by atoms with Crippen molar-refractivity contribution in [2.75, 3.05) is 68.0 Å². The monoisotopic (exact) mass is 860 g/mol. The Morgan fingerprint density at radius 3 is 2.58 bits per heavy atom. The first-order valence-electron chi connectivity index (χ1n) is 19.3. The number of ether oxygens (including phenoxy) is 2. The summed E-state index contributed by atoms with van der Waals surface area (Å²) in [6.07, 6.45) is 3.55. The van der Waals surface area contributed by atoms with E-state index < -0.39 is 19.1 Å². The summed E-state index contributed by atoms with van der Waals surface area (Å²) in [6, 6.07) is 18.1. The van der Waals surface area contributed by atoms with E-state index >= 15 is 0 Å². The van der Waals surface area contributed by atoms with Crippen LogP contribution in [0, 0.1) is 0 Å². The van der Waals surface area contributed by atoms with Crippen molar-refractivity contribution >= 4 is 88.3 Å². The third-order valence-electron chi connectivity index (χ3n) is 10.4. The number of hydrogen-bond donors (Lipinski definition) is 4. The molecule has 4 N–H and O–H groups in total. The maximum atomic E-state index is 13.1. The van der Waals surface area contributed by atoms with Crippen LogP contribution in [0.4, 0.5) is 28.8 Å². The number of imide groups is 1. The van der Waals surface area contributed by atoms with E-state index in [1.807, 2.05) is 54.6 Å². The molecule has 3 aliphatic rings. The first kappa shape index (κ1) is 42.0. The molecule has 59 heavy (non-hydrogen) atoms. The number of aromatic nitrogens is 2. The van der Waals surface area contributed by atoms with Crippen molar-refractivity contribution in [2.45, 2.75) is 49.2 Å². The fourth-order valence-electron chi connectivity index (χ4n) is 7.41. The standard InChI is InChI=1S/C41H46ClN8O7PS/c1-56-33-21-26(11-12-30(33)46-41-43-22-29(42)38(48-41)45-31-8-4-5-9-34(31)58(2,3)55)49-17-15-25(16-18-49)44-37(52)24-57-19-20-59-35-10-6-7-27-28(35)23-50(40(27)54)32-13-14-36(51)47-39(32)53/h4-12,21-22,25,32H,13-20,23-24H2,1-3H3,(H,44,52)(H,47,51,53)(H2,43,45,46,48). The summed E-state index contributed by atoms with van der Waals surface area (Å²) in [5, 5.41) is 12.9. The van der Waals surface area contributed by atoms with E-state index in [0.717, 1.165) is 42.1 Å². The van der Waals surface area contributed by atoms with E-state index in [0.29, 0.717) is 70.1 Å². The van der Waals surface area contributed by atoms with Gasteiger partial charge in [0.15, 0.2) is 5.82 Å². The van der Waals surface area contributed by atoms with Crippen molar-refractivity contribution in [1.82, 2.24) is 25.5 Å². The van der Waals surface area contributed by atoms with Crippen LogP contribution in [0.5, 0.6) is 5.75 Å². The first-order valence-corrected chi connectivity index (χ1v) is 23.2. The van der Waals surface area contributed by atoms with Crippen LogP contribution in [-0.2, 0) is 30.2 Å². The van der Waals surface area contributed by atoms with E-state index in [-0.39, 0.29) is 36.8 Å². The maximum Gasteiger partial charge on any atom is 0.255 e. The number of anilines is 5. The predicted molar refractivity (Wildman–Crippen MR) is 230 cm³/mol. The molecular formula is C41H46ClN8O7PS. The van der Waals surface area contributed by atoms with E-state index in [9.17, 15) is 23.7 Å². The van der Waals surface area contributed by atoms with E-state index in [1.165, 1.54) is 18.0 Å². The minimum absolute atomic E-state index is 0.0229. The second-order valence-electron chi connectivity index (χ2n) is 14.8. The molecule has 2 fully saturated rings. The molecule has 3 aliphatic heterocycles. The molecule has 310 valence electrons. The number of nitrogens with one attached hydrogen (secondary N) is 4. The normalized spacial score (nSPS) is 17.1. The van der Waals surface area contributed by atoms with Gasteiger partial charge in [0.25, 0.3) is 5.91 Å². The van der Waals surface area contributed by atoms with Gasteiger partial charge in [-0.2, -0.15) is 4.98 Å². The number of fused-ring (bicyclic) bond motifs is 1. The summed E-state index contributed by atoms with van der Waals surface area (Å²) in [4.78, 5) is 63.6. The van der Waals surface area contributed by atoms with Crippen molar-refractivity contribution in [3.63, 3.8) is 0 Å². The van der Waals surface area contributed by atoms with Crippen molar-refractivity contribution in [3.8, 4) is 5.75 Å². The summed E-state index contributed by atoms with van der Waals surface area (Å²) in [5.74, 6) is 0.724. The molecule has 18 heteroatoms. The van der Waals surface area contributed by atoms with Crippen LogP contribution in [0.25, 0.3) is 0 Å². The Hall–Kier alpha value is -5.15. The van der Waals surface area contributed by atoms with Gasteiger partial charge < -0.3 is 39.8 Å². The second-order valence-corrected chi connectivity index (χ2v) is 19.5. The van der Waals surface area contributed by atoms with Crippen LogP contribution in [0.15, 0.2) is 71.8 Å². The fraction of sp³-hybridized carbons (Fsp3) is 0.366. The van der Waals surface area contributed by atoms with Crippen LogP contribution in [0.3, 0.4) is 0 Å². The van der Waals surface area contributed by atoms with Crippen LogP contribution in [-0.4, -0.2) is 103 Å². The Morgan fingerprint density at radius 1 is 1.02 bits per heavy atom. The third kappa shape index (κ3) is 10.0. The molecular weight excluding hydrogens is 815 g/mol. The number of benzene rings is 3. The quantitative estimate of drug-likeness (QED) is 0.0507. The highest BCUT2D eigenvalue weighted by Crippen LogP contribution is 2.39. The van der Waals surface area contributed by atoms with Crippen LogP contribution >= 0.6 is 30.5 Å². The number of piperidine rings is 2. The molecule has 0 spiro atoms. The van der Waals surface area contributed by atoms with E-state index in [2.05, 4.69) is 36.1 Å². The Kier molecular flexibility index (Phi) is 13.1. The zero-order valence-corrected chi connectivity index (χ0v) is 35.4. The second kappa shape index (κ2) is 18.4. The summed E-state index contributed by atoms with van der Waals surface area (Å²) >= 11 is 7.99. The number of amides is 4. The Morgan fingerprint density at radius 2 is 1.81 bits per heavy atom. The van der Waals surface area contributed by atoms with Crippen molar-refractivity contribution in [3.05, 3.63) is 83.0 Å². The molecule has 4 heterocycles. The molecule has 1 unspecified atom stereocenters. The summed E-state index contributed by atoms with van der Waals surface area (Å²) in [7, 11) is -0.967. The lowest BCUT2D eigenvalue weighted by atomic mass is 10.0. The Balaban J connectivity index is 0.852. The molecule has 0 aliphatic carbocycles. The van der Waals surface area contributed by atoms with Gasteiger partial charge in [-0.1, -0.05) is 29.8 Å². The molecule has 0 bridgehead atoms. The molecule has 2 saturated heterocycles. The molecule has 4 amide bonds. The highest BCUT2D eigenvalue weighted by atomic mass is 35.5. The molecule has 1 aromatic heterocycles. The number of carbonyl (C=O) groups is 4. The Bertz CT molecular complexity index is 2300. The van der Waals surface area contributed by atoms with E-state index in [4.69, 9.17) is 21.1 Å². The lowest BCUT2D eigenvalue weighted by Crippen LogP contribution is -2.52. The van der Waals surface area contributed by atoms with Gasteiger partial charge in [-0.25, -0.2) is 4.98 Å². The molecule has 0 radical (unpaired) electrons. The minimum atomic E-state index is -2.57. The highest BCUT2D eigenvalue weighted by Gasteiger charge is 2.40. The van der Waals surface area contributed by atoms with Crippen LogP contribution in [0.2, 0.25) is 5.02 Å². The first-order chi connectivity index (χ1) is 28.4. The number of carbonyl (C=O) groups excluding carboxylic acids is 4. The molecule has 0 saturated carbocycles. The number of thioether (sulfide) groups is 1. The van der Waals surface area contributed by atoms with E-state index in [1.54, 1.807) is 31.4 Å². The summed E-state index contributed by atoms with van der Waals surface area (Å²) < 4.78 is 24.3. The number of hydrogen-bond acceptors (Lipinski definition) is 13. The molecule has 3 aromatic carbocycles. The van der Waals surface area contributed by atoms with Crippen LogP contribution in [0.1, 0.15) is 41.6 Å². The molecule has 1 atom stereocenters. The largest absolute Gasteiger partial charge is 0.494 e. The average Bonchev–Trinajstić information content (AvgIpc) is 3.55. The zero-order chi connectivity index (χ0) is 41.7. The topological polar surface area (TPSA) is 184 Å². The van der Waals surface area contributed by atoms with Crippen molar-refractivity contribution in [2.24, 2.45) is 0 Å². The number of rotatable bonds is 15. The van der Waals surface area contributed by atoms with Crippen LogP contribution < -0.4 is 36.2 Å². The maximum absolute atomic E-state index is 13.1. The van der Waals surface area contributed by atoms with Gasteiger partial charge in [0.1, 0.15) is 30.6 Å². The van der Waals surface area contributed by atoms with Gasteiger partial charge in [-0.15, -0.1) is 11.8 Å². The zero-order valence-electron chi connectivity index (χ0n) is 33.0. The number of para-hydroxylation sites is 1. The lowest BCUT2D eigenvalue weighted by molar-refractivity contribution is -0.137. The Labute approximate surface area is 351 Å². The summed E-state index contributed by atoms with van der Waals surface area (Å²) in [5.41, 5.74) is 3.74. The minimum Gasteiger partial charge on any atom is -0.494 e. The third-order valence-corrected chi connectivity index (χ3v) is 13.3. The number of halogens is 1. The number of nitrogens with zero attached hydrogens (tertiary/aromatic N) is 4. The van der Waals surface area contributed by atoms with Gasteiger partial charge in [0.05, 0.1) is 31.3 Å². The summed E-state index contributed by atoms with van der Waals surface area (Å²) in [6.45, 7) is 5.51. The van der Waals surface area contributed by atoms with Gasteiger partial charge in [-0.05, 0) is 74.6 Å². The van der Waals surface area contributed by atoms with Crippen molar-refractivity contribution in [1.29, 1.82) is 0 Å². The lowest BCUT2D eigenvalue weighted by Gasteiger charge is -2.34. The average molecular weight is 861 g/mol. The molecule has 7 rings (SSSR count). The highest BCUT2D eigenvalue weighted by molar-refractivity contribution is 7.99. The van der Waals surface area contributed by atoms with Gasteiger partial charge in [0, 0.05) is 65.4 Å². The molecule has 15 nitrogen and oxygen atoms in total. The van der Waals surface area contributed by atoms with Gasteiger partial charge in [-0.3, -0.25) is 24.5 Å². The van der Waals surface area contributed by atoms with Crippen molar-refractivity contribution < 1.29 is 33.2 Å². The van der Waals surface area contributed by atoms with Gasteiger partial charge in [0.2, 0.25) is 23.7 Å².